The zero-order valence-electron chi connectivity index (χ0n) is 15.0. The van der Waals surface area contributed by atoms with Crippen LogP contribution >= 0.6 is 0 Å². The summed E-state index contributed by atoms with van der Waals surface area (Å²) < 4.78 is 10.0. The number of likely N-dealkylation sites (N-methyl/N-ethyl adjacent to an activating group) is 1. The van der Waals surface area contributed by atoms with Gasteiger partial charge in [0, 0.05) is 18.3 Å². The topological polar surface area (TPSA) is 84.9 Å². The smallest absolute Gasteiger partial charge is 0.409 e. The highest BCUT2D eigenvalue weighted by molar-refractivity contribution is 6.15. The quantitative estimate of drug-likeness (QED) is 0.669. The fourth-order valence-electron chi connectivity index (χ4n) is 2.78. The second-order valence-corrected chi connectivity index (χ2v) is 6.73. The molecule has 0 fully saturated rings. The van der Waals surface area contributed by atoms with Gasteiger partial charge in [0.2, 0.25) is 0 Å². The number of amides is 2. The molecule has 25 heavy (non-hydrogen) atoms. The minimum atomic E-state index is -1.78. The lowest BCUT2D eigenvalue weighted by atomic mass is 9.84. The molecule has 0 aliphatic carbocycles. The molecule has 0 saturated carbocycles. The number of alkyl carbamates (subject to hydrolysis) is 1. The molecule has 0 spiro atoms. The molecule has 0 bridgehead atoms. The van der Waals surface area contributed by atoms with Crippen LogP contribution in [-0.4, -0.2) is 37.7 Å². The maximum absolute atomic E-state index is 13.0. The van der Waals surface area contributed by atoms with Crippen molar-refractivity contribution in [1.82, 2.24) is 5.32 Å². The fraction of sp³-hybridized carbons (Fsp3) is 0.389. The Labute approximate surface area is 146 Å². The second-order valence-electron chi connectivity index (χ2n) is 6.73. The van der Waals surface area contributed by atoms with Gasteiger partial charge in [-0.2, -0.15) is 0 Å². The number of anilines is 1. The Morgan fingerprint density at radius 1 is 1.24 bits per heavy atom. The molecule has 7 nitrogen and oxygen atoms in total. The van der Waals surface area contributed by atoms with Crippen molar-refractivity contribution in [3.63, 3.8) is 0 Å². The number of methoxy groups -OCH3 is 1. The van der Waals surface area contributed by atoms with Gasteiger partial charge >= 0.3 is 12.1 Å². The van der Waals surface area contributed by atoms with Gasteiger partial charge in [0.15, 0.2) is 5.54 Å². The first kappa shape index (κ1) is 18.5. The summed E-state index contributed by atoms with van der Waals surface area (Å²) in [4.78, 5) is 38.9. The normalized spacial score (nSPS) is 19.2. The van der Waals surface area contributed by atoms with Crippen molar-refractivity contribution in [3.8, 4) is 0 Å². The fourth-order valence-corrected chi connectivity index (χ4v) is 2.78. The van der Waals surface area contributed by atoms with Crippen LogP contribution in [0.15, 0.2) is 36.4 Å². The number of carbonyl (C=O) groups is 3. The Bertz CT molecular complexity index is 750. The summed E-state index contributed by atoms with van der Waals surface area (Å²) in [5, 5.41) is 2.55. The first-order chi connectivity index (χ1) is 11.5. The van der Waals surface area contributed by atoms with E-state index in [-0.39, 0.29) is 5.57 Å². The molecule has 1 aliphatic heterocycles. The first-order valence-electron chi connectivity index (χ1n) is 7.71. The number of ether oxygens (including phenoxy) is 2. The number of para-hydroxylation sites is 1. The largest absolute Gasteiger partial charge is 0.466 e. The van der Waals surface area contributed by atoms with Crippen molar-refractivity contribution in [2.45, 2.75) is 31.9 Å². The number of carbonyl (C=O) groups excluding carboxylic acids is 3. The number of nitrogens with zero attached hydrogens (tertiary/aromatic N) is 1. The summed E-state index contributed by atoms with van der Waals surface area (Å²) in [6, 6.07) is 6.84. The molecule has 1 N–H and O–H groups in total. The van der Waals surface area contributed by atoms with E-state index >= 15 is 0 Å². The number of esters is 1. The summed E-state index contributed by atoms with van der Waals surface area (Å²) in [7, 11) is 2.74. The van der Waals surface area contributed by atoms with Crippen LogP contribution in [0, 0.1) is 0 Å². The Kier molecular flexibility index (Phi) is 4.61. The molecule has 0 unspecified atom stereocenters. The van der Waals surface area contributed by atoms with Gasteiger partial charge in [-0.15, -0.1) is 0 Å². The average molecular weight is 346 g/mol. The summed E-state index contributed by atoms with van der Waals surface area (Å²) >= 11 is 0. The van der Waals surface area contributed by atoms with Crippen molar-refractivity contribution in [3.05, 3.63) is 42.0 Å². The van der Waals surface area contributed by atoms with Gasteiger partial charge in [0.1, 0.15) is 5.60 Å². The van der Waals surface area contributed by atoms with Crippen molar-refractivity contribution in [2.24, 2.45) is 0 Å². The Hall–Kier alpha value is -2.83. The molecule has 0 saturated heterocycles. The highest BCUT2D eigenvalue weighted by atomic mass is 16.6. The maximum Gasteiger partial charge on any atom is 0.409 e. The van der Waals surface area contributed by atoms with E-state index in [4.69, 9.17) is 9.47 Å². The molecule has 1 atom stereocenters. The first-order valence-corrected chi connectivity index (χ1v) is 7.71. The van der Waals surface area contributed by atoms with Crippen molar-refractivity contribution in [2.75, 3.05) is 19.1 Å². The number of hydrogen-bond donors (Lipinski definition) is 1. The van der Waals surface area contributed by atoms with Gasteiger partial charge in [0.05, 0.1) is 12.7 Å². The number of rotatable bonds is 3. The molecule has 0 radical (unpaired) electrons. The van der Waals surface area contributed by atoms with Crippen LogP contribution in [0.25, 0.3) is 0 Å². The Morgan fingerprint density at radius 2 is 1.84 bits per heavy atom. The van der Waals surface area contributed by atoms with Gasteiger partial charge < -0.3 is 14.4 Å². The number of hydrogen-bond acceptors (Lipinski definition) is 5. The molecule has 1 aromatic rings. The lowest BCUT2D eigenvalue weighted by molar-refractivity contribution is -0.138. The summed E-state index contributed by atoms with van der Waals surface area (Å²) in [5.74, 6) is -1.32. The van der Waals surface area contributed by atoms with E-state index in [0.29, 0.717) is 11.3 Å². The number of benzene rings is 1. The SMILES string of the molecule is C=C(C(=O)OC)[C@]1(NC(=O)OC(C)(C)C)C(=O)N(C)c2ccccc21. The molecule has 134 valence electrons. The minimum Gasteiger partial charge on any atom is -0.466 e. The van der Waals surface area contributed by atoms with Crippen molar-refractivity contribution in [1.29, 1.82) is 0 Å². The third-order valence-corrected chi connectivity index (χ3v) is 3.87. The average Bonchev–Trinajstić information content (AvgIpc) is 2.75. The minimum absolute atomic E-state index is 0.192. The highest BCUT2D eigenvalue weighted by Crippen LogP contribution is 2.43. The number of nitrogens with one attached hydrogen (secondary N) is 1. The molecule has 1 aliphatic rings. The summed E-state index contributed by atoms with van der Waals surface area (Å²) in [6.07, 6.45) is -0.837. The Balaban J connectivity index is 2.59. The van der Waals surface area contributed by atoms with E-state index in [1.54, 1.807) is 52.1 Å². The van der Waals surface area contributed by atoms with Crippen molar-refractivity contribution < 1.29 is 23.9 Å². The monoisotopic (exact) mass is 346 g/mol. The van der Waals surface area contributed by atoms with Crippen LogP contribution in [0.2, 0.25) is 0 Å². The molecule has 2 amide bonds. The third kappa shape index (κ3) is 3.09. The lowest BCUT2D eigenvalue weighted by Gasteiger charge is -2.31. The molecule has 2 rings (SSSR count). The predicted octanol–water partition coefficient (Wildman–Crippen LogP) is 2.11. The van der Waals surface area contributed by atoms with E-state index in [0.717, 1.165) is 0 Å². The van der Waals surface area contributed by atoms with Gasteiger partial charge in [-0.3, -0.25) is 10.1 Å². The number of fused-ring (bicyclic) bond motifs is 1. The standard InChI is InChI=1S/C18H22N2O5/c1-11(14(21)24-6)18(19-16(23)25-17(2,3)4)12-9-7-8-10-13(12)20(5)15(18)22/h7-10H,1H2,2-6H3,(H,19,23)/t18-/m1/s1. The predicted molar refractivity (Wildman–Crippen MR) is 92.1 cm³/mol. The van der Waals surface area contributed by atoms with Crippen LogP contribution in [0.3, 0.4) is 0 Å². The second kappa shape index (κ2) is 6.23. The van der Waals surface area contributed by atoms with E-state index in [2.05, 4.69) is 11.9 Å². The lowest BCUT2D eigenvalue weighted by Crippen LogP contribution is -2.56. The zero-order chi connectivity index (χ0) is 19.0. The van der Waals surface area contributed by atoms with Gasteiger partial charge in [-0.05, 0) is 26.8 Å². The summed E-state index contributed by atoms with van der Waals surface area (Å²) in [5.41, 5.74) is -1.74. The van der Waals surface area contributed by atoms with Crippen LogP contribution in [0.1, 0.15) is 26.3 Å². The van der Waals surface area contributed by atoms with E-state index in [1.807, 2.05) is 0 Å². The van der Waals surface area contributed by atoms with Crippen LogP contribution in [0.5, 0.6) is 0 Å². The maximum atomic E-state index is 13.0. The van der Waals surface area contributed by atoms with Gasteiger partial charge in [-0.25, -0.2) is 9.59 Å². The molecule has 1 heterocycles. The van der Waals surface area contributed by atoms with Crippen LogP contribution in [-0.2, 0) is 24.6 Å². The van der Waals surface area contributed by atoms with E-state index in [9.17, 15) is 14.4 Å². The van der Waals surface area contributed by atoms with Crippen molar-refractivity contribution >= 4 is 23.7 Å². The van der Waals surface area contributed by atoms with E-state index < -0.39 is 29.1 Å². The van der Waals surface area contributed by atoms with E-state index in [1.165, 1.54) is 12.0 Å². The molecule has 1 aromatic carbocycles. The van der Waals surface area contributed by atoms with Crippen LogP contribution < -0.4 is 10.2 Å². The van der Waals surface area contributed by atoms with Gasteiger partial charge in [0.25, 0.3) is 5.91 Å². The zero-order valence-corrected chi connectivity index (χ0v) is 15.0. The van der Waals surface area contributed by atoms with Crippen LogP contribution in [0.4, 0.5) is 10.5 Å². The molecular formula is C18H22N2O5. The third-order valence-electron chi connectivity index (χ3n) is 3.87. The molecular weight excluding hydrogens is 324 g/mol. The van der Waals surface area contributed by atoms with Gasteiger partial charge in [-0.1, -0.05) is 24.8 Å². The highest BCUT2D eigenvalue weighted by Gasteiger charge is 2.55. The molecule has 0 aromatic heterocycles. The summed E-state index contributed by atoms with van der Waals surface area (Å²) in [6.45, 7) is 8.82. The Morgan fingerprint density at radius 3 is 2.40 bits per heavy atom. The molecule has 7 heteroatoms.